The van der Waals surface area contributed by atoms with Crippen LogP contribution in [0.25, 0.3) is 16.6 Å². The summed E-state index contributed by atoms with van der Waals surface area (Å²) in [5, 5.41) is 5.34. The molecule has 1 aliphatic rings. The summed E-state index contributed by atoms with van der Waals surface area (Å²) in [6, 6.07) is 11.5. The molecule has 168 valence electrons. The number of aromatic amines is 1. The molecule has 1 amide bonds. The van der Waals surface area contributed by atoms with E-state index in [0.29, 0.717) is 42.7 Å². The molecule has 0 spiro atoms. The molecule has 1 N–H and O–H groups in total. The van der Waals surface area contributed by atoms with Crippen LogP contribution in [0.2, 0.25) is 0 Å². The molecular weight excluding hydrogens is 423 g/mol. The number of amides is 1. The highest BCUT2D eigenvalue weighted by molar-refractivity contribution is 5.98. The molecule has 3 heterocycles. The number of esters is 1. The molecule has 0 unspecified atom stereocenters. The third kappa shape index (κ3) is 3.57. The largest absolute Gasteiger partial charge is 0.465 e. The Hall–Kier alpha value is -3.94. The van der Waals surface area contributed by atoms with Gasteiger partial charge in [0, 0.05) is 41.7 Å². The van der Waals surface area contributed by atoms with Crippen LogP contribution in [-0.2, 0) is 24.1 Å². The number of fused-ring (bicyclic) bond motifs is 3. The van der Waals surface area contributed by atoms with E-state index in [2.05, 4.69) is 10.1 Å². The number of hydrogen-bond acceptors (Lipinski definition) is 4. The Morgan fingerprint density at radius 1 is 1.18 bits per heavy atom. The molecule has 0 bridgehead atoms. The van der Waals surface area contributed by atoms with Crippen LogP contribution in [0, 0.1) is 5.82 Å². The number of nitrogens with one attached hydrogen (secondary N) is 1. The Balaban J connectivity index is 1.47. The number of H-pyrrole nitrogens is 1. The van der Waals surface area contributed by atoms with Crippen molar-refractivity contribution in [3.8, 4) is 5.69 Å². The molecule has 0 saturated carbocycles. The van der Waals surface area contributed by atoms with Crippen LogP contribution in [0.3, 0.4) is 0 Å². The molecule has 2 aromatic heterocycles. The van der Waals surface area contributed by atoms with Crippen molar-refractivity contribution in [2.24, 2.45) is 0 Å². The summed E-state index contributed by atoms with van der Waals surface area (Å²) < 4.78 is 19.9. The Bertz CT molecular complexity index is 1370. The number of halogens is 1. The van der Waals surface area contributed by atoms with Crippen LogP contribution in [0.1, 0.15) is 44.6 Å². The number of carbonyl (C=O) groups is 2. The van der Waals surface area contributed by atoms with E-state index in [4.69, 9.17) is 4.74 Å². The van der Waals surface area contributed by atoms with Crippen molar-refractivity contribution in [1.29, 1.82) is 0 Å². The van der Waals surface area contributed by atoms with E-state index in [1.807, 2.05) is 24.0 Å². The summed E-state index contributed by atoms with van der Waals surface area (Å²) in [5.74, 6) is -0.806. The third-order valence-electron chi connectivity index (χ3n) is 6.19. The smallest absolute Gasteiger partial charge is 0.337 e. The molecule has 2 aromatic carbocycles. The van der Waals surface area contributed by atoms with Gasteiger partial charge in [-0.15, -0.1) is 0 Å². The maximum Gasteiger partial charge on any atom is 0.337 e. The van der Waals surface area contributed by atoms with Crippen LogP contribution in [0.4, 0.5) is 4.39 Å². The highest BCUT2D eigenvalue weighted by Crippen LogP contribution is 2.30. The number of ether oxygens (including phenoxy) is 1. The zero-order valence-electron chi connectivity index (χ0n) is 18.4. The number of benzene rings is 2. The Labute approximate surface area is 189 Å². The molecule has 0 aliphatic carbocycles. The fourth-order valence-electron chi connectivity index (χ4n) is 4.50. The molecule has 0 fully saturated rings. The van der Waals surface area contributed by atoms with Crippen molar-refractivity contribution >= 4 is 22.8 Å². The SMILES string of the molecule is CCc1c(C(=O)N2CCc3[nH]c4ccc(C(=O)OC)cc4c3C2)cnn1-c1ccc(F)cc1. The average molecular weight is 446 g/mol. The van der Waals surface area contributed by atoms with Crippen molar-refractivity contribution in [1.82, 2.24) is 19.7 Å². The van der Waals surface area contributed by atoms with E-state index in [0.717, 1.165) is 27.9 Å². The van der Waals surface area contributed by atoms with Crippen LogP contribution >= 0.6 is 0 Å². The second-order valence-electron chi connectivity index (χ2n) is 8.06. The lowest BCUT2D eigenvalue weighted by Gasteiger charge is -2.27. The van der Waals surface area contributed by atoms with Gasteiger partial charge >= 0.3 is 5.97 Å². The fraction of sp³-hybridized carbons (Fsp3) is 0.240. The van der Waals surface area contributed by atoms with Crippen LogP contribution < -0.4 is 0 Å². The summed E-state index contributed by atoms with van der Waals surface area (Å²) >= 11 is 0. The molecule has 0 atom stereocenters. The van der Waals surface area contributed by atoms with E-state index in [-0.39, 0.29) is 11.7 Å². The van der Waals surface area contributed by atoms with E-state index >= 15 is 0 Å². The third-order valence-corrected chi connectivity index (χ3v) is 6.19. The first kappa shape index (κ1) is 20.9. The van der Waals surface area contributed by atoms with E-state index in [1.165, 1.54) is 19.2 Å². The van der Waals surface area contributed by atoms with Crippen molar-refractivity contribution < 1.29 is 18.7 Å². The molecular formula is C25H23FN4O3. The quantitative estimate of drug-likeness (QED) is 0.480. The lowest BCUT2D eigenvalue weighted by atomic mass is 10.0. The van der Waals surface area contributed by atoms with E-state index in [1.54, 1.807) is 29.1 Å². The summed E-state index contributed by atoms with van der Waals surface area (Å²) in [6.45, 7) is 2.98. The van der Waals surface area contributed by atoms with Crippen LogP contribution in [-0.4, -0.2) is 45.2 Å². The summed E-state index contributed by atoms with van der Waals surface area (Å²) in [7, 11) is 1.36. The highest BCUT2D eigenvalue weighted by Gasteiger charge is 2.28. The summed E-state index contributed by atoms with van der Waals surface area (Å²) in [6.07, 6.45) is 2.88. The number of aromatic nitrogens is 3. The second kappa shape index (κ2) is 8.20. The van der Waals surface area contributed by atoms with Crippen molar-refractivity contribution in [3.63, 3.8) is 0 Å². The maximum atomic E-state index is 13.5. The van der Waals surface area contributed by atoms with Gasteiger partial charge in [-0.2, -0.15) is 5.10 Å². The fourth-order valence-corrected chi connectivity index (χ4v) is 4.50. The zero-order chi connectivity index (χ0) is 23.1. The lowest BCUT2D eigenvalue weighted by Crippen LogP contribution is -2.36. The van der Waals surface area contributed by atoms with Gasteiger partial charge in [-0.1, -0.05) is 6.92 Å². The molecule has 4 aromatic rings. The Morgan fingerprint density at radius 2 is 1.97 bits per heavy atom. The Kier molecular flexibility index (Phi) is 5.20. The minimum atomic E-state index is -0.392. The van der Waals surface area contributed by atoms with E-state index < -0.39 is 5.97 Å². The zero-order valence-corrected chi connectivity index (χ0v) is 18.4. The van der Waals surface area contributed by atoms with Gasteiger partial charge in [-0.05, 0) is 48.9 Å². The normalized spacial score (nSPS) is 13.2. The number of nitrogens with zero attached hydrogens (tertiary/aromatic N) is 3. The molecule has 7 nitrogen and oxygen atoms in total. The number of rotatable bonds is 4. The van der Waals surface area contributed by atoms with Crippen molar-refractivity contribution in [2.75, 3.05) is 13.7 Å². The van der Waals surface area contributed by atoms with Gasteiger partial charge in [0.25, 0.3) is 5.91 Å². The molecule has 8 heteroatoms. The number of hydrogen-bond donors (Lipinski definition) is 1. The maximum absolute atomic E-state index is 13.5. The molecule has 0 saturated heterocycles. The molecule has 33 heavy (non-hydrogen) atoms. The molecule has 1 aliphatic heterocycles. The molecule has 5 rings (SSSR count). The predicted octanol–water partition coefficient (Wildman–Crippen LogP) is 4.04. The first-order valence-corrected chi connectivity index (χ1v) is 10.8. The van der Waals surface area contributed by atoms with Gasteiger partial charge < -0.3 is 14.6 Å². The second-order valence-corrected chi connectivity index (χ2v) is 8.06. The number of carbonyl (C=O) groups excluding carboxylic acids is 2. The van der Waals surface area contributed by atoms with Gasteiger partial charge in [-0.3, -0.25) is 4.79 Å². The minimum Gasteiger partial charge on any atom is -0.465 e. The van der Waals surface area contributed by atoms with E-state index in [9.17, 15) is 14.0 Å². The average Bonchev–Trinajstić information content (AvgIpc) is 3.44. The minimum absolute atomic E-state index is 0.0932. The van der Waals surface area contributed by atoms with Crippen molar-refractivity contribution in [3.05, 3.63) is 82.6 Å². The van der Waals surface area contributed by atoms with Gasteiger partial charge in [0.2, 0.25) is 0 Å². The van der Waals surface area contributed by atoms with Crippen LogP contribution in [0.5, 0.6) is 0 Å². The standard InChI is InChI=1S/C25H23FN4O3/c1-3-23-19(13-27-30(23)17-7-5-16(26)6-8-17)24(31)29-11-10-22-20(14-29)18-12-15(25(32)33-2)4-9-21(18)28-22/h4-9,12-13,28H,3,10-11,14H2,1-2H3. The predicted molar refractivity (Wildman–Crippen MR) is 121 cm³/mol. The van der Waals surface area contributed by atoms with Crippen LogP contribution in [0.15, 0.2) is 48.7 Å². The monoisotopic (exact) mass is 446 g/mol. The van der Waals surface area contributed by atoms with Gasteiger partial charge in [0.05, 0.1) is 35.8 Å². The van der Waals surface area contributed by atoms with Gasteiger partial charge in [0.15, 0.2) is 0 Å². The summed E-state index contributed by atoms with van der Waals surface area (Å²) in [4.78, 5) is 30.7. The molecule has 0 radical (unpaired) electrons. The summed E-state index contributed by atoms with van der Waals surface area (Å²) in [5.41, 5.74) is 5.53. The van der Waals surface area contributed by atoms with Gasteiger partial charge in [0.1, 0.15) is 5.82 Å². The number of methoxy groups -OCH3 is 1. The highest BCUT2D eigenvalue weighted by atomic mass is 19.1. The lowest BCUT2D eigenvalue weighted by molar-refractivity contribution is 0.0600. The van der Waals surface area contributed by atoms with Gasteiger partial charge in [-0.25, -0.2) is 13.9 Å². The van der Waals surface area contributed by atoms with Crippen molar-refractivity contribution in [2.45, 2.75) is 26.3 Å². The Morgan fingerprint density at radius 3 is 2.70 bits per heavy atom. The topological polar surface area (TPSA) is 80.2 Å². The first-order valence-electron chi connectivity index (χ1n) is 10.8. The first-order chi connectivity index (χ1) is 16.0.